The maximum atomic E-state index is 10.5. The number of methoxy groups -OCH3 is 2. The fourth-order valence-corrected chi connectivity index (χ4v) is 2.74. The molecule has 0 spiro atoms. The van der Waals surface area contributed by atoms with E-state index in [0.29, 0.717) is 0 Å². The lowest BCUT2D eigenvalue weighted by molar-refractivity contribution is -0.212. The van der Waals surface area contributed by atoms with E-state index in [-0.39, 0.29) is 24.7 Å². The van der Waals surface area contributed by atoms with Crippen LogP contribution in [-0.2, 0) is 28.8 Å². The van der Waals surface area contributed by atoms with Crippen LogP contribution in [0.15, 0.2) is 0 Å². The van der Waals surface area contributed by atoms with Gasteiger partial charge in [0.2, 0.25) is 10.4 Å². The molecule has 7 nitrogen and oxygen atoms in total. The number of hydrogen-bond acceptors (Lipinski definition) is 7. The zero-order valence-corrected chi connectivity index (χ0v) is 11.7. The molecule has 1 aliphatic heterocycles. The molecule has 1 aliphatic rings. The van der Waals surface area contributed by atoms with Crippen molar-refractivity contribution in [2.24, 2.45) is 5.92 Å². The number of hydrogen-bond donors (Lipinski definition) is 0. The van der Waals surface area contributed by atoms with Gasteiger partial charge in [-0.15, -0.1) is 0 Å². The van der Waals surface area contributed by atoms with Gasteiger partial charge in [-0.1, -0.05) is 6.92 Å². The zero-order chi connectivity index (χ0) is 13.9. The lowest BCUT2D eigenvalue weighted by atomic mass is 9.88. The van der Waals surface area contributed by atoms with Gasteiger partial charge in [-0.25, -0.2) is 8.42 Å². The third-order valence-corrected chi connectivity index (χ3v) is 3.60. The second-order valence-corrected chi connectivity index (χ2v) is 5.38. The average molecular weight is 283 g/mol. The largest absolute Gasteiger partial charge is 0.726 e. The van der Waals surface area contributed by atoms with Crippen molar-refractivity contribution in [3.8, 4) is 0 Å². The highest BCUT2D eigenvalue weighted by Crippen LogP contribution is 2.29. The minimum atomic E-state index is -4.73. The predicted molar refractivity (Wildman–Crippen MR) is 60.7 cm³/mol. The topological polar surface area (TPSA) is 94.1 Å². The molecule has 0 aromatic heterocycles. The van der Waals surface area contributed by atoms with Crippen LogP contribution in [0.5, 0.6) is 0 Å². The van der Waals surface area contributed by atoms with E-state index in [2.05, 4.69) is 4.18 Å². The average Bonchev–Trinajstić information content (AvgIpc) is 2.25. The quantitative estimate of drug-likeness (QED) is 0.514. The van der Waals surface area contributed by atoms with Crippen molar-refractivity contribution in [2.75, 3.05) is 20.8 Å². The third-order valence-electron chi connectivity index (χ3n) is 3.18. The van der Waals surface area contributed by atoms with Crippen molar-refractivity contribution in [1.82, 2.24) is 0 Å². The smallest absolute Gasteiger partial charge is 0.217 e. The molecule has 1 heterocycles. The Balaban J connectivity index is 2.73. The molecule has 0 bridgehead atoms. The maximum absolute atomic E-state index is 10.5. The Morgan fingerprint density at radius 3 is 2.17 bits per heavy atom. The molecule has 5 atom stereocenters. The van der Waals surface area contributed by atoms with E-state index in [4.69, 9.17) is 14.2 Å². The minimum absolute atomic E-state index is 0.00768. The van der Waals surface area contributed by atoms with Gasteiger partial charge in [-0.2, -0.15) is 0 Å². The van der Waals surface area contributed by atoms with Crippen LogP contribution < -0.4 is 0 Å². The fraction of sp³-hybridized carbons (Fsp3) is 1.00. The van der Waals surface area contributed by atoms with Crippen LogP contribution in [0.4, 0.5) is 0 Å². The van der Waals surface area contributed by atoms with E-state index in [0.717, 1.165) is 0 Å². The highest BCUT2D eigenvalue weighted by molar-refractivity contribution is 7.80. The molecule has 1 saturated heterocycles. The van der Waals surface area contributed by atoms with Crippen LogP contribution in [0, 0.1) is 5.92 Å². The van der Waals surface area contributed by atoms with E-state index in [1.807, 2.05) is 13.8 Å². The van der Waals surface area contributed by atoms with Gasteiger partial charge < -0.3 is 18.8 Å². The fourth-order valence-electron chi connectivity index (χ4n) is 2.44. The summed E-state index contributed by atoms with van der Waals surface area (Å²) in [5.41, 5.74) is 0. The molecule has 0 aromatic carbocycles. The summed E-state index contributed by atoms with van der Waals surface area (Å²) < 4.78 is 51.8. The van der Waals surface area contributed by atoms with E-state index in [1.165, 1.54) is 7.11 Å². The van der Waals surface area contributed by atoms with Crippen molar-refractivity contribution < 1.29 is 31.4 Å². The third kappa shape index (κ3) is 3.87. The monoisotopic (exact) mass is 283 g/mol. The maximum Gasteiger partial charge on any atom is 0.217 e. The SMILES string of the molecule is COC1C(C)[C@H](OC)[C@@H](COS(=O)(=O)[O-])O[C@@H]1C. The van der Waals surface area contributed by atoms with Crippen LogP contribution in [0.1, 0.15) is 13.8 Å². The summed E-state index contributed by atoms with van der Waals surface area (Å²) in [6.45, 7) is 3.38. The van der Waals surface area contributed by atoms with Gasteiger partial charge in [0.25, 0.3) is 0 Å². The van der Waals surface area contributed by atoms with Gasteiger partial charge in [-0.3, -0.25) is 4.18 Å². The van der Waals surface area contributed by atoms with Crippen LogP contribution in [0.25, 0.3) is 0 Å². The van der Waals surface area contributed by atoms with E-state index < -0.39 is 22.6 Å². The normalized spacial score (nSPS) is 37.7. The van der Waals surface area contributed by atoms with Crippen LogP contribution >= 0.6 is 0 Å². The summed E-state index contributed by atoms with van der Waals surface area (Å²) in [6.07, 6.45) is -1.41. The van der Waals surface area contributed by atoms with Crippen molar-refractivity contribution in [3.63, 3.8) is 0 Å². The Morgan fingerprint density at radius 1 is 1.17 bits per heavy atom. The molecule has 0 N–H and O–H groups in total. The first-order chi connectivity index (χ1) is 8.30. The Hall–Kier alpha value is -0.250. The summed E-state index contributed by atoms with van der Waals surface area (Å²) in [4.78, 5) is 0. The van der Waals surface area contributed by atoms with Gasteiger partial charge in [0.05, 0.1) is 24.9 Å². The van der Waals surface area contributed by atoms with Gasteiger partial charge >= 0.3 is 0 Å². The van der Waals surface area contributed by atoms with Crippen LogP contribution in [0.2, 0.25) is 0 Å². The molecule has 2 unspecified atom stereocenters. The summed E-state index contributed by atoms with van der Waals surface area (Å²) in [5, 5.41) is 0. The predicted octanol–water partition coefficient (Wildman–Crippen LogP) is -0.0834. The number of ether oxygens (including phenoxy) is 3. The van der Waals surface area contributed by atoms with Crippen molar-refractivity contribution in [3.05, 3.63) is 0 Å². The first-order valence-electron chi connectivity index (χ1n) is 5.61. The number of rotatable bonds is 5. The molecule has 1 rings (SSSR count). The minimum Gasteiger partial charge on any atom is -0.726 e. The van der Waals surface area contributed by atoms with E-state index in [9.17, 15) is 13.0 Å². The van der Waals surface area contributed by atoms with Crippen molar-refractivity contribution in [2.45, 2.75) is 38.3 Å². The second kappa shape index (κ2) is 6.27. The summed E-state index contributed by atoms with van der Waals surface area (Å²) in [5.74, 6) is -0.00768. The van der Waals surface area contributed by atoms with Crippen molar-refractivity contribution in [1.29, 1.82) is 0 Å². The molecular weight excluding hydrogens is 264 g/mol. The Bertz CT molecular complexity index is 355. The molecule has 8 heteroatoms. The van der Waals surface area contributed by atoms with E-state index >= 15 is 0 Å². The van der Waals surface area contributed by atoms with Crippen LogP contribution in [0.3, 0.4) is 0 Å². The molecule has 18 heavy (non-hydrogen) atoms. The van der Waals surface area contributed by atoms with Gasteiger partial charge in [0.15, 0.2) is 0 Å². The second-order valence-electron chi connectivity index (χ2n) is 4.33. The molecular formula is C10H19O7S-. The first kappa shape index (κ1) is 15.8. The highest BCUT2D eigenvalue weighted by Gasteiger charge is 2.42. The van der Waals surface area contributed by atoms with E-state index in [1.54, 1.807) is 7.11 Å². The van der Waals surface area contributed by atoms with Crippen molar-refractivity contribution >= 4 is 10.4 Å². The van der Waals surface area contributed by atoms with Gasteiger partial charge in [0, 0.05) is 20.1 Å². The standard InChI is InChI=1S/C10H20O7S/c1-6-9(14-3)7(2)17-8(10(6)15-4)5-16-18(11,12)13/h6-10H,5H2,1-4H3,(H,11,12,13)/p-1/t6?,7-,8-,9?,10+/m1/s1. The summed E-state index contributed by atoms with van der Waals surface area (Å²) in [7, 11) is -1.66. The Labute approximate surface area is 107 Å². The Morgan fingerprint density at radius 2 is 1.72 bits per heavy atom. The Kier molecular flexibility index (Phi) is 5.50. The summed E-state index contributed by atoms with van der Waals surface area (Å²) >= 11 is 0. The molecule has 0 aliphatic carbocycles. The first-order valence-corrected chi connectivity index (χ1v) is 6.94. The zero-order valence-electron chi connectivity index (χ0n) is 10.9. The molecule has 0 radical (unpaired) electrons. The van der Waals surface area contributed by atoms with Crippen LogP contribution in [-0.4, -0.2) is 58.2 Å². The molecule has 1 fully saturated rings. The molecule has 108 valence electrons. The molecule has 0 saturated carbocycles. The summed E-state index contributed by atoms with van der Waals surface area (Å²) in [6, 6.07) is 0. The lowest BCUT2D eigenvalue weighted by Gasteiger charge is -2.43. The molecule has 0 amide bonds. The highest BCUT2D eigenvalue weighted by atomic mass is 32.3. The lowest BCUT2D eigenvalue weighted by Crippen LogP contribution is -2.55. The van der Waals surface area contributed by atoms with Gasteiger partial charge in [0.1, 0.15) is 6.10 Å². The van der Waals surface area contributed by atoms with Gasteiger partial charge in [-0.05, 0) is 6.92 Å². The molecule has 0 aromatic rings.